The van der Waals surface area contributed by atoms with Crippen LogP contribution in [0.3, 0.4) is 0 Å². The summed E-state index contributed by atoms with van der Waals surface area (Å²) in [5, 5.41) is 0. The summed E-state index contributed by atoms with van der Waals surface area (Å²) in [6, 6.07) is 4.29. The molecule has 4 heteroatoms. The summed E-state index contributed by atoms with van der Waals surface area (Å²) in [5.74, 6) is -1.63. The Morgan fingerprint density at radius 2 is 2.10 bits per heavy atom. The lowest BCUT2D eigenvalue weighted by molar-refractivity contribution is 0.131. The Morgan fingerprint density at radius 1 is 1.30 bits per heavy atom. The molecule has 0 saturated carbocycles. The van der Waals surface area contributed by atoms with Crippen LogP contribution in [-0.4, -0.2) is 24.0 Å². The molecule has 0 bridgehead atoms. The van der Waals surface area contributed by atoms with Gasteiger partial charge < -0.3 is 5.73 Å². The molecule has 1 aliphatic rings. The highest BCUT2D eigenvalue weighted by Gasteiger charge is 2.23. The highest BCUT2D eigenvalue weighted by atomic mass is 19.2. The van der Waals surface area contributed by atoms with E-state index in [0.717, 1.165) is 19.2 Å². The third kappa shape index (κ3) is 3.76. The van der Waals surface area contributed by atoms with Gasteiger partial charge in [0.15, 0.2) is 11.6 Å². The second kappa shape index (κ2) is 7.14. The van der Waals surface area contributed by atoms with Crippen LogP contribution in [0.25, 0.3) is 0 Å². The molecule has 0 amide bonds. The molecule has 2 atom stereocenters. The monoisotopic (exact) mass is 282 g/mol. The Morgan fingerprint density at radius 3 is 2.80 bits per heavy atom. The molecule has 20 heavy (non-hydrogen) atoms. The summed E-state index contributed by atoms with van der Waals surface area (Å²) in [6.45, 7) is 3.97. The van der Waals surface area contributed by atoms with Crippen LogP contribution >= 0.6 is 0 Å². The molecule has 1 fully saturated rings. The minimum absolute atomic E-state index is 0.262. The highest BCUT2D eigenvalue weighted by Crippen LogP contribution is 2.24. The van der Waals surface area contributed by atoms with Crippen molar-refractivity contribution in [2.45, 2.75) is 51.1 Å². The second-order valence-corrected chi connectivity index (χ2v) is 5.71. The number of hydrogen-bond acceptors (Lipinski definition) is 2. The molecule has 1 saturated heterocycles. The van der Waals surface area contributed by atoms with Gasteiger partial charge >= 0.3 is 0 Å². The first-order valence-electron chi connectivity index (χ1n) is 7.56. The average molecular weight is 282 g/mol. The van der Waals surface area contributed by atoms with Crippen molar-refractivity contribution < 1.29 is 8.78 Å². The van der Waals surface area contributed by atoms with Crippen molar-refractivity contribution in [2.75, 3.05) is 13.1 Å². The number of nitrogens with zero attached hydrogens (tertiary/aromatic N) is 1. The van der Waals surface area contributed by atoms with E-state index in [4.69, 9.17) is 5.73 Å². The summed E-state index contributed by atoms with van der Waals surface area (Å²) in [6.07, 6.45) is 6.05. The van der Waals surface area contributed by atoms with Crippen molar-refractivity contribution in [1.29, 1.82) is 0 Å². The van der Waals surface area contributed by atoms with Gasteiger partial charge in [0, 0.05) is 18.6 Å². The maximum Gasteiger partial charge on any atom is 0.159 e. The lowest BCUT2D eigenvalue weighted by Gasteiger charge is -2.37. The third-order valence-corrected chi connectivity index (χ3v) is 4.17. The van der Waals surface area contributed by atoms with Gasteiger partial charge in [-0.25, -0.2) is 8.78 Å². The van der Waals surface area contributed by atoms with Gasteiger partial charge in [0.25, 0.3) is 0 Å². The van der Waals surface area contributed by atoms with E-state index in [1.165, 1.54) is 38.2 Å². The van der Waals surface area contributed by atoms with Gasteiger partial charge in [-0.1, -0.05) is 25.8 Å². The van der Waals surface area contributed by atoms with Gasteiger partial charge in [-0.15, -0.1) is 0 Å². The van der Waals surface area contributed by atoms with Crippen LogP contribution in [0.5, 0.6) is 0 Å². The van der Waals surface area contributed by atoms with E-state index >= 15 is 0 Å². The topological polar surface area (TPSA) is 29.3 Å². The second-order valence-electron chi connectivity index (χ2n) is 5.71. The zero-order valence-electron chi connectivity index (χ0n) is 12.1. The normalized spacial score (nSPS) is 21.9. The lowest BCUT2D eigenvalue weighted by Crippen LogP contribution is -2.43. The van der Waals surface area contributed by atoms with Crippen LogP contribution in [0.4, 0.5) is 8.78 Å². The zero-order chi connectivity index (χ0) is 14.5. The predicted molar refractivity (Wildman–Crippen MR) is 77.4 cm³/mol. The standard InChI is InChI=1S/C16H24F2N2/c1-2-5-13-6-3-4-9-20(13)11-16(19)12-7-8-14(17)15(18)10-12/h7-8,10,13,16H,2-6,9,11,19H2,1H3. The number of rotatable bonds is 5. The van der Waals surface area contributed by atoms with Crippen molar-refractivity contribution in [3.8, 4) is 0 Å². The largest absolute Gasteiger partial charge is 0.323 e. The first kappa shape index (κ1) is 15.4. The van der Waals surface area contributed by atoms with Gasteiger partial charge in [-0.2, -0.15) is 0 Å². The molecule has 0 spiro atoms. The Hall–Kier alpha value is -1.00. The molecule has 2 nitrogen and oxygen atoms in total. The number of halogens is 2. The predicted octanol–water partition coefficient (Wildman–Crippen LogP) is 3.62. The summed E-state index contributed by atoms with van der Waals surface area (Å²) >= 11 is 0. The molecule has 1 heterocycles. The van der Waals surface area contributed by atoms with Crippen LogP contribution in [0.2, 0.25) is 0 Å². The van der Waals surface area contributed by atoms with E-state index in [-0.39, 0.29) is 6.04 Å². The van der Waals surface area contributed by atoms with Gasteiger partial charge in [0.1, 0.15) is 0 Å². The van der Waals surface area contributed by atoms with Crippen LogP contribution < -0.4 is 5.73 Å². The number of benzene rings is 1. The van der Waals surface area contributed by atoms with Crippen molar-refractivity contribution in [3.63, 3.8) is 0 Å². The highest BCUT2D eigenvalue weighted by molar-refractivity contribution is 5.21. The molecule has 2 N–H and O–H groups in total. The Kier molecular flexibility index (Phi) is 5.49. The fourth-order valence-corrected chi connectivity index (χ4v) is 3.06. The van der Waals surface area contributed by atoms with Crippen LogP contribution in [0.15, 0.2) is 18.2 Å². The maximum atomic E-state index is 13.3. The SMILES string of the molecule is CCCC1CCCCN1CC(N)c1ccc(F)c(F)c1. The Labute approximate surface area is 120 Å². The van der Waals surface area contributed by atoms with Gasteiger partial charge in [-0.05, 0) is 43.5 Å². The fourth-order valence-electron chi connectivity index (χ4n) is 3.06. The van der Waals surface area contributed by atoms with Crippen LogP contribution in [0, 0.1) is 11.6 Å². The number of nitrogens with two attached hydrogens (primary N) is 1. The van der Waals surface area contributed by atoms with Gasteiger partial charge in [0.05, 0.1) is 0 Å². The minimum atomic E-state index is -0.818. The third-order valence-electron chi connectivity index (χ3n) is 4.17. The van der Waals surface area contributed by atoms with E-state index in [1.807, 2.05) is 0 Å². The lowest BCUT2D eigenvalue weighted by atomic mass is 9.96. The van der Waals surface area contributed by atoms with Gasteiger partial charge in [-0.3, -0.25) is 4.90 Å². The fraction of sp³-hybridized carbons (Fsp3) is 0.625. The van der Waals surface area contributed by atoms with E-state index < -0.39 is 11.6 Å². The molecule has 1 aromatic carbocycles. The van der Waals surface area contributed by atoms with Crippen molar-refractivity contribution in [1.82, 2.24) is 4.90 Å². The molecular weight excluding hydrogens is 258 g/mol. The van der Waals surface area contributed by atoms with E-state index in [2.05, 4.69) is 11.8 Å². The molecule has 0 aliphatic carbocycles. The summed E-state index contributed by atoms with van der Waals surface area (Å²) in [4.78, 5) is 2.42. The molecule has 1 aromatic rings. The zero-order valence-corrected chi connectivity index (χ0v) is 12.1. The van der Waals surface area contributed by atoms with E-state index in [0.29, 0.717) is 11.6 Å². The molecule has 2 rings (SSSR count). The first-order chi connectivity index (χ1) is 9.61. The molecule has 112 valence electrons. The van der Waals surface area contributed by atoms with Crippen molar-refractivity contribution in [3.05, 3.63) is 35.4 Å². The summed E-state index contributed by atoms with van der Waals surface area (Å²) in [7, 11) is 0. The van der Waals surface area contributed by atoms with Crippen molar-refractivity contribution in [2.24, 2.45) is 5.73 Å². The quantitative estimate of drug-likeness (QED) is 0.893. The molecule has 0 aromatic heterocycles. The number of hydrogen-bond donors (Lipinski definition) is 1. The first-order valence-corrected chi connectivity index (χ1v) is 7.56. The molecule has 0 radical (unpaired) electrons. The average Bonchev–Trinajstić information content (AvgIpc) is 2.44. The van der Waals surface area contributed by atoms with Crippen molar-refractivity contribution >= 4 is 0 Å². The molecule has 2 unspecified atom stereocenters. The Balaban J connectivity index is 2.01. The smallest absolute Gasteiger partial charge is 0.159 e. The minimum Gasteiger partial charge on any atom is -0.323 e. The van der Waals surface area contributed by atoms with E-state index in [9.17, 15) is 8.78 Å². The Bertz CT molecular complexity index is 434. The van der Waals surface area contributed by atoms with E-state index in [1.54, 1.807) is 6.07 Å². The summed E-state index contributed by atoms with van der Waals surface area (Å²) < 4.78 is 26.2. The number of piperidine rings is 1. The van der Waals surface area contributed by atoms with Crippen LogP contribution in [-0.2, 0) is 0 Å². The van der Waals surface area contributed by atoms with Crippen LogP contribution in [0.1, 0.15) is 50.6 Å². The van der Waals surface area contributed by atoms with Gasteiger partial charge in [0.2, 0.25) is 0 Å². The molecule has 1 aliphatic heterocycles. The maximum absolute atomic E-state index is 13.3. The number of likely N-dealkylation sites (tertiary alicyclic amines) is 1. The molecular formula is C16H24F2N2. The summed E-state index contributed by atoms with van der Waals surface area (Å²) in [5.41, 5.74) is 6.84.